The highest BCUT2D eigenvalue weighted by Crippen LogP contribution is 2.27. The second-order valence-corrected chi connectivity index (χ2v) is 7.97. The summed E-state index contributed by atoms with van der Waals surface area (Å²) in [7, 11) is 0. The summed E-state index contributed by atoms with van der Waals surface area (Å²) in [6.45, 7) is 2.11. The van der Waals surface area contributed by atoms with Gasteiger partial charge < -0.3 is 4.74 Å². The summed E-state index contributed by atoms with van der Waals surface area (Å²) >= 11 is 2.19. The van der Waals surface area contributed by atoms with E-state index in [0.717, 1.165) is 20.4 Å². The molecule has 6 heteroatoms. The van der Waals surface area contributed by atoms with Gasteiger partial charge in [0.05, 0.1) is 20.5 Å². The number of hydrogen-bond acceptors (Lipinski definition) is 3. The Hall–Kier alpha value is -3.00. The third-order valence-corrected chi connectivity index (χ3v) is 5.46. The van der Waals surface area contributed by atoms with Gasteiger partial charge in [0.1, 0.15) is 18.2 Å². The van der Waals surface area contributed by atoms with Crippen LogP contribution in [0.1, 0.15) is 18.1 Å². The number of carbonyl (C=O) groups excluding carboxylic acids is 1. The summed E-state index contributed by atoms with van der Waals surface area (Å²) < 4.78 is 20.0. The molecule has 150 valence electrons. The van der Waals surface area contributed by atoms with Crippen LogP contribution in [0.15, 0.2) is 83.5 Å². The summed E-state index contributed by atoms with van der Waals surface area (Å²) in [5.74, 6) is 0.270. The Kier molecular flexibility index (Phi) is 5.94. The number of benzene rings is 3. The predicted octanol–water partition coefficient (Wildman–Crippen LogP) is 5.82. The number of carbonyl (C=O) groups is 1. The Morgan fingerprint density at radius 1 is 1.07 bits per heavy atom. The molecule has 0 aromatic heterocycles. The van der Waals surface area contributed by atoms with Crippen molar-refractivity contribution in [3.05, 3.63) is 98.9 Å². The first-order valence-electron chi connectivity index (χ1n) is 9.35. The maximum atomic E-state index is 13.3. The molecule has 0 spiro atoms. The van der Waals surface area contributed by atoms with Crippen LogP contribution in [0.3, 0.4) is 0 Å². The number of ether oxygens (including phenoxy) is 1. The lowest BCUT2D eigenvalue weighted by Crippen LogP contribution is -2.21. The average Bonchev–Trinajstić information content (AvgIpc) is 3.02. The van der Waals surface area contributed by atoms with Gasteiger partial charge in [-0.2, -0.15) is 10.1 Å². The first-order valence-corrected chi connectivity index (χ1v) is 10.4. The number of halogens is 2. The largest absolute Gasteiger partial charge is 0.488 e. The van der Waals surface area contributed by atoms with E-state index in [4.69, 9.17) is 4.74 Å². The number of anilines is 1. The van der Waals surface area contributed by atoms with Crippen LogP contribution >= 0.6 is 22.6 Å². The molecular formula is C24H18FIN2O2. The maximum absolute atomic E-state index is 13.3. The number of para-hydroxylation sites is 1. The highest BCUT2D eigenvalue weighted by molar-refractivity contribution is 14.1. The summed E-state index contributed by atoms with van der Waals surface area (Å²) in [6.07, 6.45) is 1.84. The number of hydrogen-bond donors (Lipinski definition) is 0. The van der Waals surface area contributed by atoms with Crippen LogP contribution in [0, 0.1) is 9.39 Å². The fourth-order valence-electron chi connectivity index (χ4n) is 3.11. The van der Waals surface area contributed by atoms with Crippen LogP contribution in [-0.4, -0.2) is 11.6 Å². The minimum atomic E-state index is -0.282. The van der Waals surface area contributed by atoms with Gasteiger partial charge in [0.2, 0.25) is 0 Å². The monoisotopic (exact) mass is 512 g/mol. The summed E-state index contributed by atoms with van der Waals surface area (Å²) in [5, 5.41) is 5.82. The van der Waals surface area contributed by atoms with Crippen LogP contribution in [0.25, 0.3) is 6.08 Å². The molecule has 3 aromatic rings. The molecule has 4 rings (SSSR count). The van der Waals surface area contributed by atoms with Crippen molar-refractivity contribution in [3.63, 3.8) is 0 Å². The summed E-state index contributed by atoms with van der Waals surface area (Å²) in [5.41, 5.74) is 3.61. The number of rotatable bonds is 5. The molecule has 1 heterocycles. The SMILES string of the molecule is CC1=NN(c2ccccc2)C(=O)/C1=C/c1ccc(OCc2cccc(F)c2)c(I)c1. The number of hydrazone groups is 1. The average molecular weight is 512 g/mol. The van der Waals surface area contributed by atoms with E-state index in [1.54, 1.807) is 6.07 Å². The molecular weight excluding hydrogens is 494 g/mol. The molecule has 0 radical (unpaired) electrons. The minimum Gasteiger partial charge on any atom is -0.488 e. The summed E-state index contributed by atoms with van der Waals surface area (Å²) in [6, 6.07) is 21.4. The molecule has 0 atom stereocenters. The molecule has 1 aliphatic heterocycles. The highest BCUT2D eigenvalue weighted by Gasteiger charge is 2.28. The van der Waals surface area contributed by atoms with Gasteiger partial charge in [-0.3, -0.25) is 4.79 Å². The van der Waals surface area contributed by atoms with E-state index >= 15 is 0 Å². The Labute approximate surface area is 187 Å². The van der Waals surface area contributed by atoms with Gasteiger partial charge in [-0.15, -0.1) is 0 Å². The van der Waals surface area contributed by atoms with Gasteiger partial charge in [0.15, 0.2) is 0 Å². The molecule has 30 heavy (non-hydrogen) atoms. The van der Waals surface area contributed by atoms with Crippen LogP contribution in [0.2, 0.25) is 0 Å². The first kappa shape index (κ1) is 20.3. The van der Waals surface area contributed by atoms with E-state index in [0.29, 0.717) is 17.0 Å². The van der Waals surface area contributed by atoms with Crippen LogP contribution in [-0.2, 0) is 11.4 Å². The van der Waals surface area contributed by atoms with Crippen LogP contribution < -0.4 is 9.75 Å². The van der Waals surface area contributed by atoms with Gasteiger partial charge in [0.25, 0.3) is 5.91 Å². The van der Waals surface area contributed by atoms with E-state index in [1.165, 1.54) is 17.1 Å². The van der Waals surface area contributed by atoms with Gasteiger partial charge in [0, 0.05) is 0 Å². The smallest absolute Gasteiger partial charge is 0.280 e. The molecule has 0 saturated carbocycles. The normalized spacial score (nSPS) is 14.9. The molecule has 0 N–H and O–H groups in total. The molecule has 0 fully saturated rings. The quantitative estimate of drug-likeness (QED) is 0.320. The van der Waals surface area contributed by atoms with Gasteiger partial charge in [-0.05, 0) is 83.1 Å². The van der Waals surface area contributed by atoms with Crippen molar-refractivity contribution >= 4 is 46.0 Å². The van der Waals surface area contributed by atoms with Crippen molar-refractivity contribution < 1.29 is 13.9 Å². The fraction of sp³-hybridized carbons (Fsp3) is 0.0833. The van der Waals surface area contributed by atoms with E-state index in [9.17, 15) is 9.18 Å². The molecule has 0 unspecified atom stereocenters. The van der Waals surface area contributed by atoms with Crippen molar-refractivity contribution in [1.82, 2.24) is 0 Å². The van der Waals surface area contributed by atoms with Gasteiger partial charge in [-0.25, -0.2) is 4.39 Å². The Morgan fingerprint density at radius 2 is 1.87 bits per heavy atom. The Balaban J connectivity index is 1.51. The predicted molar refractivity (Wildman–Crippen MR) is 125 cm³/mol. The fourth-order valence-corrected chi connectivity index (χ4v) is 3.80. The van der Waals surface area contributed by atoms with Gasteiger partial charge in [-0.1, -0.05) is 36.4 Å². The van der Waals surface area contributed by atoms with E-state index in [1.807, 2.05) is 67.6 Å². The maximum Gasteiger partial charge on any atom is 0.280 e. The van der Waals surface area contributed by atoms with Crippen molar-refractivity contribution in [2.45, 2.75) is 13.5 Å². The highest BCUT2D eigenvalue weighted by atomic mass is 127. The van der Waals surface area contributed by atoms with Crippen LogP contribution in [0.5, 0.6) is 5.75 Å². The zero-order valence-electron chi connectivity index (χ0n) is 16.2. The standard InChI is InChI=1S/C24H18FIN2O2/c1-16-21(24(29)28(27-16)20-8-3-2-4-9-20)13-17-10-11-23(22(26)14-17)30-15-18-6-5-7-19(25)12-18/h2-14H,15H2,1H3/b21-13+. The van der Waals surface area contributed by atoms with Crippen LogP contribution in [0.4, 0.5) is 10.1 Å². The first-order chi connectivity index (χ1) is 14.5. The lowest BCUT2D eigenvalue weighted by Gasteiger charge is -2.11. The van der Waals surface area contributed by atoms with Crippen molar-refractivity contribution in [2.24, 2.45) is 5.10 Å². The summed E-state index contributed by atoms with van der Waals surface area (Å²) in [4.78, 5) is 12.8. The lowest BCUT2D eigenvalue weighted by atomic mass is 10.1. The molecule has 0 bridgehead atoms. The van der Waals surface area contributed by atoms with Gasteiger partial charge >= 0.3 is 0 Å². The van der Waals surface area contributed by atoms with Crippen molar-refractivity contribution in [1.29, 1.82) is 0 Å². The van der Waals surface area contributed by atoms with Crippen molar-refractivity contribution in [3.8, 4) is 5.75 Å². The molecule has 3 aromatic carbocycles. The van der Waals surface area contributed by atoms with E-state index in [-0.39, 0.29) is 18.3 Å². The minimum absolute atomic E-state index is 0.153. The zero-order chi connectivity index (χ0) is 21.1. The second-order valence-electron chi connectivity index (χ2n) is 6.80. The topological polar surface area (TPSA) is 41.9 Å². The third kappa shape index (κ3) is 4.43. The lowest BCUT2D eigenvalue weighted by molar-refractivity contribution is -0.114. The number of nitrogens with zero attached hydrogens (tertiary/aromatic N) is 2. The molecule has 1 aliphatic rings. The molecule has 1 amide bonds. The Morgan fingerprint density at radius 3 is 2.60 bits per heavy atom. The van der Waals surface area contributed by atoms with Crippen molar-refractivity contribution in [2.75, 3.05) is 5.01 Å². The molecule has 0 aliphatic carbocycles. The van der Waals surface area contributed by atoms with E-state index in [2.05, 4.69) is 27.7 Å². The second kappa shape index (κ2) is 8.79. The van der Waals surface area contributed by atoms with E-state index < -0.39 is 0 Å². The third-order valence-electron chi connectivity index (χ3n) is 4.61. The Bertz CT molecular complexity index is 1160. The molecule has 0 saturated heterocycles. The zero-order valence-corrected chi connectivity index (χ0v) is 18.3. The number of amides is 1. The molecule has 4 nitrogen and oxygen atoms in total.